The minimum Gasteiger partial charge on any atom is -0.520 e. The summed E-state index contributed by atoms with van der Waals surface area (Å²) in [5.74, 6) is 0.298. The average molecular weight is 277 g/mol. The van der Waals surface area contributed by atoms with Gasteiger partial charge in [-0.15, -0.1) is 11.8 Å². The minimum atomic E-state index is -0.674. The molecule has 0 atom stereocenters. The molecule has 0 unspecified atom stereocenters. The van der Waals surface area contributed by atoms with Crippen LogP contribution in [-0.2, 0) is 14.0 Å². The average Bonchev–Trinajstić information content (AvgIpc) is 2.77. The quantitative estimate of drug-likeness (QED) is 0.472. The number of methoxy groups -OCH3 is 1. The number of esters is 1. The molecule has 1 aromatic rings. The van der Waals surface area contributed by atoms with Crippen molar-refractivity contribution >= 4 is 30.3 Å². The molecule has 1 aromatic heterocycles. The zero-order valence-corrected chi connectivity index (χ0v) is 11.5. The fourth-order valence-electron chi connectivity index (χ4n) is 1.57. The third-order valence-electron chi connectivity index (χ3n) is 2.55. The Kier molecular flexibility index (Phi) is 3.85. The van der Waals surface area contributed by atoms with E-state index in [1.54, 1.807) is 12.3 Å². The molecule has 0 saturated carbocycles. The number of pyridine rings is 1. The van der Waals surface area contributed by atoms with Crippen molar-refractivity contribution in [3.63, 3.8) is 0 Å². The van der Waals surface area contributed by atoms with Crippen LogP contribution >= 0.6 is 11.8 Å². The molecule has 0 aromatic carbocycles. The Morgan fingerprint density at radius 2 is 2.05 bits per heavy atom. The molecular weight excluding hydrogens is 265 g/mol. The standard InChI is InChI=1S/C12H12BNO4S/c1-7-8(2)18-13(17-7)9-5-10(12(15)16-3)11(19-4)14-6-9/h5-6H,1-2H2,3-4H3. The zero-order chi connectivity index (χ0) is 14.0. The van der Waals surface area contributed by atoms with Crippen molar-refractivity contribution in [2.45, 2.75) is 5.03 Å². The summed E-state index contributed by atoms with van der Waals surface area (Å²) in [7, 11) is 0.651. The lowest BCUT2D eigenvalue weighted by atomic mass is 9.80. The van der Waals surface area contributed by atoms with Gasteiger partial charge >= 0.3 is 13.1 Å². The van der Waals surface area contributed by atoms with E-state index in [0.29, 0.717) is 27.6 Å². The van der Waals surface area contributed by atoms with Gasteiger partial charge in [-0.1, -0.05) is 13.2 Å². The second-order valence-electron chi connectivity index (χ2n) is 3.73. The zero-order valence-electron chi connectivity index (χ0n) is 10.6. The normalized spacial score (nSPS) is 14.1. The second-order valence-corrected chi connectivity index (χ2v) is 4.53. The fourth-order valence-corrected chi connectivity index (χ4v) is 2.09. The molecule has 0 aliphatic carbocycles. The van der Waals surface area contributed by atoms with Crippen molar-refractivity contribution in [2.75, 3.05) is 13.4 Å². The maximum absolute atomic E-state index is 11.7. The van der Waals surface area contributed by atoms with Crippen LogP contribution in [0.1, 0.15) is 10.4 Å². The van der Waals surface area contributed by atoms with Crippen LogP contribution in [0.4, 0.5) is 0 Å². The van der Waals surface area contributed by atoms with Crippen LogP contribution in [0, 0.1) is 0 Å². The summed E-state index contributed by atoms with van der Waals surface area (Å²) in [6.07, 6.45) is 3.43. The highest BCUT2D eigenvalue weighted by Gasteiger charge is 2.35. The maximum Gasteiger partial charge on any atom is 0.634 e. The predicted molar refractivity (Wildman–Crippen MR) is 73.2 cm³/mol. The topological polar surface area (TPSA) is 57.7 Å². The first-order valence-corrected chi connectivity index (χ1v) is 6.63. The summed E-state index contributed by atoms with van der Waals surface area (Å²) >= 11 is 1.36. The number of carbonyl (C=O) groups excluding carboxylic acids is 1. The van der Waals surface area contributed by atoms with Gasteiger partial charge in [0.2, 0.25) is 0 Å². The van der Waals surface area contributed by atoms with Crippen molar-refractivity contribution in [1.82, 2.24) is 4.98 Å². The highest BCUT2D eigenvalue weighted by molar-refractivity contribution is 7.98. The van der Waals surface area contributed by atoms with E-state index in [2.05, 4.69) is 18.1 Å². The first-order chi connectivity index (χ1) is 9.06. The Balaban J connectivity index is 2.35. The van der Waals surface area contributed by atoms with Gasteiger partial charge in [-0.2, -0.15) is 0 Å². The van der Waals surface area contributed by atoms with Crippen LogP contribution in [0.25, 0.3) is 0 Å². The summed E-state index contributed by atoms with van der Waals surface area (Å²) < 4.78 is 15.5. The van der Waals surface area contributed by atoms with Gasteiger partial charge in [0.15, 0.2) is 0 Å². The van der Waals surface area contributed by atoms with Gasteiger partial charge in [0.1, 0.15) is 16.5 Å². The van der Waals surface area contributed by atoms with E-state index in [9.17, 15) is 4.79 Å². The van der Waals surface area contributed by atoms with Crippen LogP contribution in [0.2, 0.25) is 0 Å². The minimum absolute atomic E-state index is 0.374. The molecule has 1 aliphatic rings. The number of ether oxygens (including phenoxy) is 1. The summed E-state index contributed by atoms with van der Waals surface area (Å²) in [5.41, 5.74) is 0.987. The lowest BCUT2D eigenvalue weighted by Gasteiger charge is -2.08. The molecule has 98 valence electrons. The summed E-state index contributed by atoms with van der Waals surface area (Å²) in [5, 5.41) is 0.589. The van der Waals surface area contributed by atoms with Gasteiger partial charge in [0.05, 0.1) is 12.7 Å². The first-order valence-electron chi connectivity index (χ1n) is 5.40. The molecule has 0 radical (unpaired) electrons. The fraction of sp³-hybridized carbons (Fsp3) is 0.167. The monoisotopic (exact) mass is 277 g/mol. The van der Waals surface area contributed by atoms with Crippen molar-refractivity contribution in [3.05, 3.63) is 42.5 Å². The van der Waals surface area contributed by atoms with E-state index in [0.717, 1.165) is 0 Å². The predicted octanol–water partition coefficient (Wildman–Crippen LogP) is 1.36. The largest absolute Gasteiger partial charge is 0.634 e. The van der Waals surface area contributed by atoms with E-state index in [-0.39, 0.29) is 0 Å². The van der Waals surface area contributed by atoms with Gasteiger partial charge in [0.25, 0.3) is 0 Å². The van der Waals surface area contributed by atoms with Crippen molar-refractivity contribution < 1.29 is 18.8 Å². The van der Waals surface area contributed by atoms with E-state index in [1.165, 1.54) is 18.9 Å². The lowest BCUT2D eigenvalue weighted by Crippen LogP contribution is -2.32. The smallest absolute Gasteiger partial charge is 0.520 e. The molecule has 7 heteroatoms. The molecule has 1 fully saturated rings. The summed E-state index contributed by atoms with van der Waals surface area (Å²) in [6.45, 7) is 7.31. The van der Waals surface area contributed by atoms with Crippen molar-refractivity contribution in [3.8, 4) is 0 Å². The Labute approximate surface area is 115 Å². The van der Waals surface area contributed by atoms with Crippen LogP contribution in [0.15, 0.2) is 42.0 Å². The van der Waals surface area contributed by atoms with Crippen LogP contribution < -0.4 is 5.46 Å². The highest BCUT2D eigenvalue weighted by Crippen LogP contribution is 2.22. The highest BCUT2D eigenvalue weighted by atomic mass is 32.2. The molecule has 0 bridgehead atoms. The molecule has 0 spiro atoms. The van der Waals surface area contributed by atoms with Gasteiger partial charge in [-0.25, -0.2) is 9.78 Å². The van der Waals surface area contributed by atoms with Crippen molar-refractivity contribution in [2.24, 2.45) is 0 Å². The lowest BCUT2D eigenvalue weighted by molar-refractivity contribution is 0.0596. The van der Waals surface area contributed by atoms with E-state index in [1.807, 2.05) is 6.26 Å². The van der Waals surface area contributed by atoms with E-state index < -0.39 is 13.1 Å². The molecule has 0 amide bonds. The van der Waals surface area contributed by atoms with Crippen LogP contribution in [0.3, 0.4) is 0 Å². The molecule has 2 rings (SSSR count). The Morgan fingerprint density at radius 3 is 2.58 bits per heavy atom. The van der Waals surface area contributed by atoms with Crippen LogP contribution in [0.5, 0.6) is 0 Å². The maximum atomic E-state index is 11.7. The second kappa shape index (κ2) is 5.40. The summed E-state index contributed by atoms with van der Waals surface area (Å²) in [6, 6.07) is 1.64. The molecule has 2 heterocycles. The Morgan fingerprint density at radius 1 is 1.42 bits per heavy atom. The number of hydrogen-bond acceptors (Lipinski definition) is 6. The molecule has 0 N–H and O–H groups in total. The number of hydrogen-bond donors (Lipinski definition) is 0. The van der Waals surface area contributed by atoms with Crippen molar-refractivity contribution in [1.29, 1.82) is 0 Å². The Hall–Kier alpha value is -1.89. The molecular formula is C12H12BNO4S. The third kappa shape index (κ3) is 2.60. The third-order valence-corrected chi connectivity index (χ3v) is 3.26. The molecule has 1 saturated heterocycles. The number of aromatic nitrogens is 1. The van der Waals surface area contributed by atoms with Crippen LogP contribution in [-0.4, -0.2) is 31.4 Å². The van der Waals surface area contributed by atoms with Gasteiger partial charge in [-0.05, 0) is 12.3 Å². The van der Waals surface area contributed by atoms with Gasteiger partial charge in [-0.3, -0.25) is 0 Å². The van der Waals surface area contributed by atoms with Gasteiger partial charge in [0, 0.05) is 11.7 Å². The number of thioether (sulfide) groups is 1. The summed E-state index contributed by atoms with van der Waals surface area (Å²) in [4.78, 5) is 15.9. The van der Waals surface area contributed by atoms with Gasteiger partial charge < -0.3 is 14.0 Å². The molecule has 1 aliphatic heterocycles. The molecule has 19 heavy (non-hydrogen) atoms. The Bertz CT molecular complexity index is 545. The molecule has 5 nitrogen and oxygen atoms in total. The first kappa shape index (κ1) is 13.5. The van der Waals surface area contributed by atoms with E-state index >= 15 is 0 Å². The number of rotatable bonds is 3. The SMILES string of the molecule is C=C1OB(c2cnc(SC)c(C(=O)OC)c2)OC1=C. The number of carbonyl (C=O) groups is 1. The number of nitrogens with zero attached hydrogens (tertiary/aromatic N) is 1. The van der Waals surface area contributed by atoms with E-state index in [4.69, 9.17) is 14.0 Å².